The summed E-state index contributed by atoms with van der Waals surface area (Å²) in [6.45, 7) is 8.19. The van der Waals surface area contributed by atoms with Crippen LogP contribution < -0.4 is 15.4 Å². The molecule has 2 rings (SSSR count). The van der Waals surface area contributed by atoms with E-state index < -0.39 is 11.7 Å². The van der Waals surface area contributed by atoms with Crippen molar-refractivity contribution in [1.29, 1.82) is 0 Å². The third-order valence-electron chi connectivity index (χ3n) is 3.25. The highest BCUT2D eigenvalue weighted by Gasteiger charge is 2.09. The molecule has 28 heavy (non-hydrogen) atoms. The molecule has 0 aliphatic carbocycles. The van der Waals surface area contributed by atoms with Crippen molar-refractivity contribution < 1.29 is 13.9 Å². The average Bonchev–Trinajstić information content (AvgIpc) is 2.66. The van der Waals surface area contributed by atoms with Gasteiger partial charge in [0.25, 0.3) is 5.91 Å². The molecule has 0 bridgehead atoms. The first kappa shape index (κ1) is 23.4. The number of amides is 1. The Morgan fingerprint density at radius 1 is 1.43 bits per heavy atom. The number of hydrogen-bond acceptors (Lipinski definition) is 4. The van der Waals surface area contributed by atoms with Crippen LogP contribution in [0.4, 0.5) is 4.39 Å². The first-order valence-electron chi connectivity index (χ1n) is 9.11. The van der Waals surface area contributed by atoms with Crippen molar-refractivity contribution in [3.63, 3.8) is 0 Å². The second-order valence-corrected chi connectivity index (χ2v) is 6.33. The Hall–Kier alpha value is -2.60. The number of hydrogen-bond donors (Lipinski definition) is 2. The third kappa shape index (κ3) is 8.39. The summed E-state index contributed by atoms with van der Waals surface area (Å²) in [7, 11) is 0. The van der Waals surface area contributed by atoms with Crippen molar-refractivity contribution in [2.75, 3.05) is 13.2 Å². The molecule has 0 atom stereocenters. The quantitative estimate of drug-likeness (QED) is 0.546. The van der Waals surface area contributed by atoms with E-state index >= 15 is 0 Å². The molecule has 1 amide bonds. The van der Waals surface area contributed by atoms with E-state index in [1.807, 2.05) is 31.4 Å². The number of rotatable bonds is 5. The fourth-order valence-electron chi connectivity index (χ4n) is 2.12. The van der Waals surface area contributed by atoms with Gasteiger partial charge in [-0.05, 0) is 49.9 Å². The van der Waals surface area contributed by atoms with E-state index in [1.54, 1.807) is 6.92 Å². The molecule has 5 nitrogen and oxygen atoms in total. The number of amidine groups is 1. The maximum atomic E-state index is 13.6. The number of carbonyl (C=O) groups excluding carboxylic acids is 1. The number of benzene rings is 1. The Morgan fingerprint density at radius 2 is 2.14 bits per heavy atom. The van der Waals surface area contributed by atoms with Crippen molar-refractivity contribution in [2.24, 2.45) is 4.99 Å². The van der Waals surface area contributed by atoms with Crippen LogP contribution in [0.15, 0.2) is 58.9 Å². The van der Waals surface area contributed by atoms with E-state index in [-0.39, 0.29) is 17.4 Å². The normalized spacial score (nSPS) is 13.7. The summed E-state index contributed by atoms with van der Waals surface area (Å²) in [5.74, 6) is -0.660. The van der Waals surface area contributed by atoms with Crippen LogP contribution >= 0.6 is 11.6 Å². The maximum Gasteiger partial charge on any atom is 0.263 e. The highest BCUT2D eigenvalue weighted by Crippen LogP contribution is 2.20. The SMILES string of the molecule is C/C=C(\N=C(C)NC(=O)COc1ccc(Cl)cc1F)C1=CCNC=C1.CCC. The lowest BCUT2D eigenvalue weighted by Gasteiger charge is -2.11. The van der Waals surface area contributed by atoms with E-state index in [0.717, 1.165) is 23.9 Å². The van der Waals surface area contributed by atoms with E-state index in [1.165, 1.54) is 18.6 Å². The van der Waals surface area contributed by atoms with Gasteiger partial charge in [-0.1, -0.05) is 44.0 Å². The van der Waals surface area contributed by atoms with Crippen LogP contribution in [0.3, 0.4) is 0 Å². The lowest BCUT2D eigenvalue weighted by atomic mass is 10.1. The van der Waals surface area contributed by atoms with E-state index in [4.69, 9.17) is 16.3 Å². The fourth-order valence-corrected chi connectivity index (χ4v) is 2.28. The second-order valence-electron chi connectivity index (χ2n) is 5.89. The van der Waals surface area contributed by atoms with E-state index in [2.05, 4.69) is 29.5 Å². The highest BCUT2D eigenvalue weighted by molar-refractivity contribution is 6.30. The summed E-state index contributed by atoms with van der Waals surface area (Å²) in [6, 6.07) is 3.99. The van der Waals surface area contributed by atoms with Crippen LogP contribution in [0.5, 0.6) is 5.75 Å². The molecule has 0 fully saturated rings. The second kappa shape index (κ2) is 12.7. The molecule has 0 saturated carbocycles. The van der Waals surface area contributed by atoms with E-state index in [0.29, 0.717) is 5.84 Å². The van der Waals surface area contributed by atoms with Gasteiger partial charge in [-0.15, -0.1) is 0 Å². The standard InChI is InChI=1S/C18H19ClFN3O2.C3H8/c1-3-16(13-6-8-21-9-7-13)22-12(2)23-18(24)11-25-17-5-4-14(19)10-15(17)20;1-3-2/h3-8,10,21H,9,11H2,1-2H3,(H,22,23,24);3H2,1-2H3/b16-3-;. The monoisotopic (exact) mass is 407 g/mol. The van der Waals surface area contributed by atoms with Crippen molar-refractivity contribution in [2.45, 2.75) is 34.1 Å². The van der Waals surface area contributed by atoms with Gasteiger partial charge in [0.1, 0.15) is 5.84 Å². The zero-order valence-electron chi connectivity index (χ0n) is 16.7. The first-order valence-corrected chi connectivity index (χ1v) is 9.48. The summed E-state index contributed by atoms with van der Waals surface area (Å²) in [5.41, 5.74) is 1.72. The summed E-state index contributed by atoms with van der Waals surface area (Å²) < 4.78 is 18.8. The predicted molar refractivity (Wildman–Crippen MR) is 113 cm³/mol. The van der Waals surface area contributed by atoms with Gasteiger partial charge in [0.05, 0.1) is 5.70 Å². The molecule has 1 aromatic carbocycles. The zero-order chi connectivity index (χ0) is 20.9. The number of aliphatic imine (C=N–C) groups is 1. The van der Waals surface area contributed by atoms with Crippen LogP contribution in [-0.2, 0) is 4.79 Å². The van der Waals surface area contributed by atoms with Gasteiger partial charge in [-0.2, -0.15) is 0 Å². The van der Waals surface area contributed by atoms with Crippen LogP contribution in [-0.4, -0.2) is 24.9 Å². The summed E-state index contributed by atoms with van der Waals surface area (Å²) in [6.07, 6.45) is 8.86. The molecule has 1 aliphatic rings. The Kier molecular flexibility index (Phi) is 10.7. The lowest BCUT2D eigenvalue weighted by Crippen LogP contribution is -2.33. The number of nitrogens with zero attached hydrogens (tertiary/aromatic N) is 1. The van der Waals surface area contributed by atoms with Gasteiger partial charge in [-0.3, -0.25) is 4.79 Å². The van der Waals surface area contributed by atoms with Gasteiger partial charge in [0, 0.05) is 11.6 Å². The molecule has 2 N–H and O–H groups in total. The maximum absolute atomic E-state index is 13.6. The van der Waals surface area contributed by atoms with Gasteiger partial charge in [-0.25, -0.2) is 9.38 Å². The molecule has 152 valence electrons. The smallest absolute Gasteiger partial charge is 0.263 e. The van der Waals surface area contributed by atoms with E-state index in [9.17, 15) is 9.18 Å². The number of allylic oxidation sites excluding steroid dienone is 2. The molecule has 0 aromatic heterocycles. The molecular formula is C21H27ClFN3O2. The molecule has 0 spiro atoms. The zero-order valence-corrected chi connectivity index (χ0v) is 17.4. The van der Waals surface area contributed by atoms with Gasteiger partial charge < -0.3 is 15.4 Å². The minimum absolute atomic E-state index is 0.0340. The fraction of sp³-hybridized carbons (Fsp3) is 0.333. The Morgan fingerprint density at radius 3 is 2.71 bits per heavy atom. The van der Waals surface area contributed by atoms with Crippen LogP contribution in [0.2, 0.25) is 5.02 Å². The third-order valence-corrected chi connectivity index (χ3v) is 3.49. The van der Waals surface area contributed by atoms with Gasteiger partial charge in [0.2, 0.25) is 0 Å². The Bertz CT molecular complexity index is 786. The molecule has 7 heteroatoms. The molecule has 0 saturated heterocycles. The number of ether oxygens (including phenoxy) is 1. The number of dihydropyridines is 1. The number of halogens is 2. The predicted octanol–water partition coefficient (Wildman–Crippen LogP) is 4.76. The van der Waals surface area contributed by atoms with Crippen LogP contribution in [0, 0.1) is 5.82 Å². The molecule has 0 radical (unpaired) electrons. The van der Waals surface area contributed by atoms with Gasteiger partial charge in [0.15, 0.2) is 18.2 Å². The largest absolute Gasteiger partial charge is 0.481 e. The number of nitrogens with one attached hydrogen (secondary N) is 2. The molecule has 1 heterocycles. The number of carbonyl (C=O) groups is 1. The van der Waals surface area contributed by atoms with Crippen molar-refractivity contribution in [1.82, 2.24) is 10.6 Å². The van der Waals surface area contributed by atoms with Crippen molar-refractivity contribution in [3.05, 3.63) is 64.7 Å². The molecule has 1 aliphatic heterocycles. The average molecular weight is 408 g/mol. The molecular weight excluding hydrogens is 381 g/mol. The summed E-state index contributed by atoms with van der Waals surface area (Å²) in [4.78, 5) is 16.3. The topological polar surface area (TPSA) is 62.7 Å². The molecule has 0 unspecified atom stereocenters. The summed E-state index contributed by atoms with van der Waals surface area (Å²) >= 11 is 5.67. The van der Waals surface area contributed by atoms with Gasteiger partial charge >= 0.3 is 0 Å². The summed E-state index contributed by atoms with van der Waals surface area (Å²) in [5, 5.41) is 5.94. The minimum atomic E-state index is -0.619. The minimum Gasteiger partial charge on any atom is -0.481 e. The lowest BCUT2D eigenvalue weighted by molar-refractivity contribution is -0.121. The first-order chi connectivity index (χ1) is 13.4. The highest BCUT2D eigenvalue weighted by atomic mass is 35.5. The Labute approximate surface area is 171 Å². The molecule has 1 aromatic rings. The van der Waals surface area contributed by atoms with Crippen LogP contribution in [0.1, 0.15) is 34.1 Å². The van der Waals surface area contributed by atoms with Crippen molar-refractivity contribution in [3.8, 4) is 5.75 Å². The Balaban J connectivity index is 0.00000122. The van der Waals surface area contributed by atoms with Crippen LogP contribution in [0.25, 0.3) is 0 Å². The van der Waals surface area contributed by atoms with Crippen molar-refractivity contribution >= 4 is 23.3 Å².